The summed E-state index contributed by atoms with van der Waals surface area (Å²) in [5.74, 6) is 1.61. The van der Waals surface area contributed by atoms with Crippen LogP contribution in [0.2, 0.25) is 5.02 Å². The van der Waals surface area contributed by atoms with Crippen molar-refractivity contribution in [2.24, 2.45) is 4.99 Å². The van der Waals surface area contributed by atoms with Crippen LogP contribution in [-0.2, 0) is 14.3 Å². The molecule has 0 radical (unpaired) electrons. The van der Waals surface area contributed by atoms with Gasteiger partial charge in [0.05, 0.1) is 40.9 Å². The molecule has 2 heterocycles. The fourth-order valence-corrected chi connectivity index (χ4v) is 3.69. The molecule has 0 spiro atoms. The van der Waals surface area contributed by atoms with Crippen molar-refractivity contribution in [1.82, 2.24) is 19.8 Å². The number of hydrogen-bond acceptors (Lipinski definition) is 8. The molecule has 10 nitrogen and oxygen atoms in total. The molecule has 1 aromatic heterocycles. The van der Waals surface area contributed by atoms with Crippen LogP contribution in [0.25, 0.3) is 0 Å². The van der Waals surface area contributed by atoms with E-state index in [9.17, 15) is 14.7 Å². The fraction of sp³-hybridized carbons (Fsp3) is 0.423. The van der Waals surface area contributed by atoms with Gasteiger partial charge in [0.2, 0.25) is 5.95 Å². The molecule has 2 atom stereocenters. The molecule has 1 aliphatic heterocycles. The third-order valence-electron chi connectivity index (χ3n) is 5.47. The van der Waals surface area contributed by atoms with Crippen LogP contribution in [-0.4, -0.2) is 81.0 Å². The van der Waals surface area contributed by atoms with E-state index in [1.807, 2.05) is 24.7 Å². The second-order valence-corrected chi connectivity index (χ2v) is 9.29. The normalized spacial score (nSPS) is 17.3. The number of nitrogens with zero attached hydrogens (tertiary/aromatic N) is 6. The lowest BCUT2D eigenvalue weighted by atomic mass is 10.2. The largest absolute Gasteiger partial charge is 0.383 e. The molecule has 0 aliphatic carbocycles. The molecule has 2 amide bonds. The molecule has 1 saturated heterocycles. The number of allylic oxidation sites excluding steroid dienone is 1. The summed E-state index contributed by atoms with van der Waals surface area (Å²) in [7, 11) is 0. The highest BCUT2D eigenvalue weighted by molar-refractivity contribution is 6.30. The van der Waals surface area contributed by atoms with Crippen molar-refractivity contribution in [2.45, 2.75) is 45.8 Å². The number of carbonyl (C=O) groups excluding carboxylic acids is 2. The Kier molecular flexibility index (Phi) is 12.4. The minimum Gasteiger partial charge on any atom is -0.383 e. The van der Waals surface area contributed by atoms with Gasteiger partial charge in [-0.3, -0.25) is 14.5 Å². The first kappa shape index (κ1) is 31.0. The van der Waals surface area contributed by atoms with Gasteiger partial charge in [0.1, 0.15) is 11.9 Å². The standard InChI is InChI=1S/C26H32Cl2N6O4/c1-6-23(31-18(4)15-33-12-10-22(35)25(33)37)34(24(36)7-2)16-21(28)17-38-19(5)9-11-32(8-3)26-29-13-20(27)14-30-26/h2,6,13-16,19,22,35H,1,8-12,17H2,3-5H3/b18-15+,21-16+,31-23+. The molecule has 0 bridgehead atoms. The third kappa shape index (κ3) is 9.26. The Bertz CT molecular complexity index is 1130. The number of ether oxygens (including phenoxy) is 1. The van der Waals surface area contributed by atoms with Crippen LogP contribution in [0.15, 0.2) is 53.2 Å². The molecule has 204 valence electrons. The van der Waals surface area contributed by atoms with Crippen molar-refractivity contribution >= 4 is 46.8 Å². The molecule has 1 aliphatic rings. The van der Waals surface area contributed by atoms with Crippen molar-refractivity contribution in [2.75, 3.05) is 31.1 Å². The smallest absolute Gasteiger partial charge is 0.307 e. The quantitative estimate of drug-likeness (QED) is 0.236. The monoisotopic (exact) mass is 562 g/mol. The van der Waals surface area contributed by atoms with Crippen molar-refractivity contribution in [3.05, 3.63) is 53.2 Å². The summed E-state index contributed by atoms with van der Waals surface area (Å²) in [6.07, 6.45) is 12.4. The van der Waals surface area contributed by atoms with Gasteiger partial charge in [0.25, 0.3) is 5.91 Å². The van der Waals surface area contributed by atoms with E-state index in [0.29, 0.717) is 49.1 Å². The maximum absolute atomic E-state index is 12.4. The Morgan fingerprint density at radius 2 is 2.16 bits per heavy atom. The van der Waals surface area contributed by atoms with Crippen LogP contribution in [0.3, 0.4) is 0 Å². The minimum absolute atomic E-state index is 0.0278. The molecule has 38 heavy (non-hydrogen) atoms. The molecule has 2 unspecified atom stereocenters. The number of terminal acetylenes is 1. The van der Waals surface area contributed by atoms with Crippen molar-refractivity contribution in [1.29, 1.82) is 0 Å². The lowest BCUT2D eigenvalue weighted by molar-refractivity contribution is -0.132. The van der Waals surface area contributed by atoms with E-state index < -0.39 is 17.9 Å². The van der Waals surface area contributed by atoms with Crippen molar-refractivity contribution in [3.8, 4) is 12.3 Å². The fourth-order valence-electron chi connectivity index (χ4n) is 3.43. The van der Waals surface area contributed by atoms with Gasteiger partial charge in [-0.05, 0) is 39.2 Å². The lowest BCUT2D eigenvalue weighted by Crippen LogP contribution is -2.31. The Labute approximate surface area is 233 Å². The highest BCUT2D eigenvalue weighted by Crippen LogP contribution is 2.16. The van der Waals surface area contributed by atoms with Gasteiger partial charge >= 0.3 is 5.91 Å². The number of rotatable bonds is 12. The zero-order valence-corrected chi connectivity index (χ0v) is 23.2. The summed E-state index contributed by atoms with van der Waals surface area (Å²) in [4.78, 5) is 41.7. The van der Waals surface area contributed by atoms with Crippen LogP contribution in [0, 0.1) is 12.3 Å². The van der Waals surface area contributed by atoms with Crippen LogP contribution >= 0.6 is 23.2 Å². The molecule has 1 fully saturated rings. The number of aliphatic hydroxyl groups excluding tert-OH is 1. The first-order chi connectivity index (χ1) is 18.1. The van der Waals surface area contributed by atoms with Crippen LogP contribution < -0.4 is 4.90 Å². The number of halogens is 2. The van der Waals surface area contributed by atoms with E-state index in [1.54, 1.807) is 19.3 Å². The summed E-state index contributed by atoms with van der Waals surface area (Å²) in [5.41, 5.74) is 0.400. The highest BCUT2D eigenvalue weighted by Gasteiger charge is 2.28. The number of hydrogen-bond donors (Lipinski definition) is 1. The first-order valence-corrected chi connectivity index (χ1v) is 12.7. The number of amidine groups is 1. The van der Waals surface area contributed by atoms with E-state index >= 15 is 0 Å². The van der Waals surface area contributed by atoms with Gasteiger partial charge in [-0.25, -0.2) is 15.0 Å². The van der Waals surface area contributed by atoms with E-state index in [0.717, 1.165) is 4.90 Å². The zero-order valence-electron chi connectivity index (χ0n) is 21.7. The number of amides is 2. The molecule has 2 rings (SSSR count). The minimum atomic E-state index is -1.03. The first-order valence-electron chi connectivity index (χ1n) is 12.0. The zero-order chi connectivity index (χ0) is 28.2. The van der Waals surface area contributed by atoms with Crippen molar-refractivity contribution in [3.63, 3.8) is 0 Å². The van der Waals surface area contributed by atoms with Gasteiger partial charge in [0.15, 0.2) is 0 Å². The van der Waals surface area contributed by atoms with E-state index in [2.05, 4.69) is 21.5 Å². The van der Waals surface area contributed by atoms with Crippen LogP contribution in [0.4, 0.5) is 5.95 Å². The third-order valence-corrected chi connectivity index (χ3v) is 5.87. The molecular formula is C26H32Cl2N6O4. The second kappa shape index (κ2) is 15.2. The molecular weight excluding hydrogens is 531 g/mol. The Hall–Kier alpha value is -3.23. The van der Waals surface area contributed by atoms with Gasteiger partial charge in [-0.1, -0.05) is 29.8 Å². The van der Waals surface area contributed by atoms with Gasteiger partial charge < -0.3 is 19.6 Å². The van der Waals surface area contributed by atoms with Gasteiger partial charge in [-0.2, -0.15) is 0 Å². The van der Waals surface area contributed by atoms with Gasteiger partial charge in [-0.15, -0.1) is 6.42 Å². The maximum atomic E-state index is 12.4. The second-order valence-electron chi connectivity index (χ2n) is 8.37. The lowest BCUT2D eigenvalue weighted by Gasteiger charge is -2.23. The SMILES string of the molecule is C#CC(=O)N(/C=C(/Cl)COC(C)CCN(CC)c1ncc(Cl)cn1)/C(C=C)=N/C(C)=C/N1CCC(O)C1=O. The summed E-state index contributed by atoms with van der Waals surface area (Å²) in [6.45, 7) is 11.0. The Morgan fingerprint density at radius 3 is 2.71 bits per heavy atom. The topological polar surface area (TPSA) is 111 Å². The number of aliphatic imine (C=N–C) groups is 1. The summed E-state index contributed by atoms with van der Waals surface area (Å²) in [5, 5.41) is 10.3. The van der Waals surface area contributed by atoms with E-state index in [1.165, 1.54) is 23.4 Å². The number of likely N-dealkylation sites (tertiary alicyclic amines) is 1. The van der Waals surface area contributed by atoms with Crippen LogP contribution in [0.5, 0.6) is 0 Å². The number of aromatic nitrogens is 2. The van der Waals surface area contributed by atoms with Gasteiger partial charge in [0, 0.05) is 38.5 Å². The molecule has 0 aromatic carbocycles. The average Bonchev–Trinajstić information content (AvgIpc) is 3.22. The maximum Gasteiger partial charge on any atom is 0.307 e. The highest BCUT2D eigenvalue weighted by atomic mass is 35.5. The van der Waals surface area contributed by atoms with Crippen LogP contribution in [0.1, 0.15) is 33.6 Å². The predicted molar refractivity (Wildman–Crippen MR) is 148 cm³/mol. The predicted octanol–water partition coefficient (Wildman–Crippen LogP) is 3.33. The van der Waals surface area contributed by atoms with E-state index in [4.69, 9.17) is 34.4 Å². The average molecular weight is 563 g/mol. The summed E-state index contributed by atoms with van der Waals surface area (Å²) in [6, 6.07) is 0. The number of aliphatic hydroxyl groups is 1. The number of anilines is 1. The Morgan fingerprint density at radius 1 is 1.47 bits per heavy atom. The molecule has 12 heteroatoms. The Balaban J connectivity index is 2.04. The number of carbonyl (C=O) groups is 2. The summed E-state index contributed by atoms with van der Waals surface area (Å²) >= 11 is 12.2. The molecule has 1 aromatic rings. The molecule has 1 N–H and O–H groups in total. The van der Waals surface area contributed by atoms with Crippen molar-refractivity contribution < 1.29 is 19.4 Å². The summed E-state index contributed by atoms with van der Waals surface area (Å²) < 4.78 is 5.85. The molecule has 0 saturated carbocycles. The van der Waals surface area contributed by atoms with E-state index in [-0.39, 0.29) is 23.6 Å².